The third kappa shape index (κ3) is 5.18. The van der Waals surface area contributed by atoms with E-state index in [1.54, 1.807) is 11.3 Å². The Morgan fingerprint density at radius 3 is 2.77 bits per heavy atom. The number of nitrogens with one attached hydrogen (secondary N) is 1. The van der Waals surface area contributed by atoms with Crippen molar-refractivity contribution in [3.63, 3.8) is 0 Å². The third-order valence-corrected chi connectivity index (χ3v) is 5.66. The van der Waals surface area contributed by atoms with E-state index in [0.29, 0.717) is 0 Å². The number of guanidine groups is 1. The molecule has 5 heteroatoms. The average Bonchev–Trinajstić information content (AvgIpc) is 3.11. The smallest absolute Gasteiger partial charge is 0.193 e. The molecule has 0 saturated carbocycles. The maximum Gasteiger partial charge on any atom is 0.193 e. The first-order chi connectivity index (χ1) is 12.8. The molecule has 3 rings (SSSR count). The zero-order valence-electron chi connectivity index (χ0n) is 15.7. The van der Waals surface area contributed by atoms with Crippen LogP contribution in [0.5, 0.6) is 0 Å². The van der Waals surface area contributed by atoms with Crippen molar-refractivity contribution in [3.05, 3.63) is 58.1 Å². The zero-order chi connectivity index (χ0) is 18.2. The second kappa shape index (κ2) is 9.53. The molecule has 0 atom stereocenters. The molecule has 0 saturated heterocycles. The molecule has 0 fully saturated rings. The van der Waals surface area contributed by atoms with E-state index in [0.717, 1.165) is 57.0 Å². The van der Waals surface area contributed by atoms with Gasteiger partial charge in [0.25, 0.3) is 0 Å². The summed E-state index contributed by atoms with van der Waals surface area (Å²) in [5, 5.41) is 6.89. The Balaban J connectivity index is 1.41. The number of benzene rings is 1. The van der Waals surface area contributed by atoms with Crippen LogP contribution in [-0.4, -0.2) is 42.5 Å². The Kier molecular flexibility index (Phi) is 6.83. The maximum absolute atomic E-state index is 4.52. The summed E-state index contributed by atoms with van der Waals surface area (Å²) < 4.78 is 0. The lowest BCUT2D eigenvalue weighted by Crippen LogP contribution is -2.43. The summed E-state index contributed by atoms with van der Waals surface area (Å²) >= 11 is 1.77. The molecule has 0 radical (unpaired) electrons. The van der Waals surface area contributed by atoms with Crippen LogP contribution in [0.1, 0.15) is 35.5 Å². The highest BCUT2D eigenvalue weighted by Gasteiger charge is 2.15. The molecular formula is C21H28N4S. The van der Waals surface area contributed by atoms with Gasteiger partial charge in [-0.05, 0) is 43.7 Å². The first kappa shape index (κ1) is 18.6. The van der Waals surface area contributed by atoms with Gasteiger partial charge in [-0.2, -0.15) is 0 Å². The lowest BCUT2D eigenvalue weighted by Gasteiger charge is -2.29. The van der Waals surface area contributed by atoms with E-state index in [2.05, 4.69) is 68.9 Å². The predicted octanol–water partition coefficient (Wildman–Crippen LogP) is 4.14. The summed E-state index contributed by atoms with van der Waals surface area (Å²) in [5.74, 6) is 1.01. The first-order valence-electron chi connectivity index (χ1n) is 9.37. The second-order valence-corrected chi connectivity index (χ2v) is 7.55. The molecule has 1 aliphatic rings. The van der Waals surface area contributed by atoms with Gasteiger partial charge in [0.2, 0.25) is 0 Å². The Morgan fingerprint density at radius 1 is 1.27 bits per heavy atom. The van der Waals surface area contributed by atoms with Crippen molar-refractivity contribution in [2.75, 3.05) is 26.7 Å². The molecule has 0 bridgehead atoms. The number of rotatable bonds is 6. The molecule has 1 aromatic carbocycles. The number of nitrogens with zero attached hydrogens (tertiary/aromatic N) is 3. The van der Waals surface area contributed by atoms with Crippen LogP contribution in [0.2, 0.25) is 0 Å². The van der Waals surface area contributed by atoms with Gasteiger partial charge in [-0.25, -0.2) is 4.98 Å². The van der Waals surface area contributed by atoms with Gasteiger partial charge in [-0.15, -0.1) is 11.3 Å². The fraction of sp³-hybridized carbons (Fsp3) is 0.429. The van der Waals surface area contributed by atoms with Gasteiger partial charge in [0.15, 0.2) is 5.96 Å². The Labute approximate surface area is 160 Å². The summed E-state index contributed by atoms with van der Waals surface area (Å²) in [6, 6.07) is 10.7. The minimum Gasteiger partial charge on any atom is -0.356 e. The summed E-state index contributed by atoms with van der Waals surface area (Å²) in [7, 11) is 1.87. The van der Waals surface area contributed by atoms with Gasteiger partial charge in [-0.1, -0.05) is 36.4 Å². The van der Waals surface area contributed by atoms with Crippen molar-refractivity contribution in [2.24, 2.45) is 4.99 Å². The van der Waals surface area contributed by atoms with Crippen molar-refractivity contribution >= 4 is 22.9 Å². The molecule has 26 heavy (non-hydrogen) atoms. The minimum atomic E-state index is 0.919. The lowest BCUT2D eigenvalue weighted by atomic mass is 10.00. The van der Waals surface area contributed by atoms with Crippen LogP contribution in [0.15, 0.2) is 46.8 Å². The van der Waals surface area contributed by atoms with Crippen molar-refractivity contribution in [3.8, 4) is 0 Å². The summed E-state index contributed by atoms with van der Waals surface area (Å²) in [5.41, 5.74) is 3.92. The van der Waals surface area contributed by atoms with E-state index >= 15 is 0 Å². The molecule has 0 aliphatic carbocycles. The van der Waals surface area contributed by atoms with Gasteiger partial charge in [0, 0.05) is 37.8 Å². The highest BCUT2D eigenvalue weighted by Crippen LogP contribution is 2.21. The Bertz CT molecular complexity index is 748. The summed E-state index contributed by atoms with van der Waals surface area (Å²) in [6.45, 7) is 4.95. The monoisotopic (exact) mass is 368 g/mol. The minimum absolute atomic E-state index is 0.919. The van der Waals surface area contributed by atoms with Crippen molar-refractivity contribution in [2.45, 2.75) is 32.6 Å². The van der Waals surface area contributed by atoms with E-state index in [1.165, 1.54) is 16.1 Å². The SMILES string of the molecule is CN=C(NCCCCc1nc(C)cs1)N1CC=C(c2ccccc2)CC1. The molecule has 0 amide bonds. The summed E-state index contributed by atoms with van der Waals surface area (Å²) in [6.07, 6.45) is 6.77. The number of hydrogen-bond donors (Lipinski definition) is 1. The van der Waals surface area contributed by atoms with E-state index in [-0.39, 0.29) is 0 Å². The van der Waals surface area contributed by atoms with Crippen LogP contribution in [0.3, 0.4) is 0 Å². The van der Waals surface area contributed by atoms with Gasteiger partial charge in [0.1, 0.15) is 0 Å². The molecule has 138 valence electrons. The van der Waals surface area contributed by atoms with Crippen LogP contribution in [-0.2, 0) is 6.42 Å². The molecule has 1 aliphatic heterocycles. The standard InChI is InChI=1S/C21H28N4S/c1-17-16-26-20(24-17)10-6-7-13-23-21(22-2)25-14-11-19(12-15-25)18-8-4-3-5-9-18/h3-5,8-9,11,16H,6-7,10,12-15H2,1-2H3,(H,22,23). The van der Waals surface area contributed by atoms with Gasteiger partial charge in [-0.3, -0.25) is 4.99 Å². The molecule has 4 nitrogen and oxygen atoms in total. The average molecular weight is 369 g/mol. The molecule has 2 heterocycles. The number of aryl methyl sites for hydroxylation is 2. The van der Waals surface area contributed by atoms with Crippen LogP contribution >= 0.6 is 11.3 Å². The van der Waals surface area contributed by atoms with Crippen LogP contribution in [0.25, 0.3) is 5.57 Å². The third-order valence-electron chi connectivity index (χ3n) is 4.63. The van der Waals surface area contributed by atoms with Gasteiger partial charge >= 0.3 is 0 Å². The fourth-order valence-corrected chi connectivity index (χ4v) is 4.05. The van der Waals surface area contributed by atoms with Crippen LogP contribution in [0.4, 0.5) is 0 Å². The van der Waals surface area contributed by atoms with Gasteiger partial charge < -0.3 is 10.2 Å². The molecule has 1 N–H and O–H groups in total. The van der Waals surface area contributed by atoms with E-state index < -0.39 is 0 Å². The van der Waals surface area contributed by atoms with Crippen LogP contribution in [0, 0.1) is 6.92 Å². The quantitative estimate of drug-likeness (QED) is 0.473. The zero-order valence-corrected chi connectivity index (χ0v) is 16.6. The number of hydrogen-bond acceptors (Lipinski definition) is 3. The largest absolute Gasteiger partial charge is 0.356 e. The molecule has 2 aromatic rings. The molecule has 1 aromatic heterocycles. The lowest BCUT2D eigenvalue weighted by molar-refractivity contribution is 0.439. The topological polar surface area (TPSA) is 40.5 Å². The predicted molar refractivity (Wildman–Crippen MR) is 112 cm³/mol. The Hall–Kier alpha value is -2.14. The fourth-order valence-electron chi connectivity index (χ4n) is 3.23. The normalized spacial score (nSPS) is 15.1. The summed E-state index contributed by atoms with van der Waals surface area (Å²) in [4.78, 5) is 11.3. The second-order valence-electron chi connectivity index (χ2n) is 6.61. The highest BCUT2D eigenvalue weighted by molar-refractivity contribution is 7.09. The van der Waals surface area contributed by atoms with Gasteiger partial charge in [0.05, 0.1) is 5.01 Å². The van der Waals surface area contributed by atoms with Crippen LogP contribution < -0.4 is 5.32 Å². The van der Waals surface area contributed by atoms with E-state index in [4.69, 9.17) is 0 Å². The molecule has 0 unspecified atom stereocenters. The first-order valence-corrected chi connectivity index (χ1v) is 10.3. The number of unbranched alkanes of at least 4 members (excludes halogenated alkanes) is 1. The maximum atomic E-state index is 4.52. The number of aromatic nitrogens is 1. The molecule has 0 spiro atoms. The Morgan fingerprint density at radius 2 is 2.12 bits per heavy atom. The van der Waals surface area contributed by atoms with E-state index in [1.807, 2.05) is 7.05 Å². The number of thiazole rings is 1. The van der Waals surface area contributed by atoms with Crippen molar-refractivity contribution in [1.29, 1.82) is 0 Å². The van der Waals surface area contributed by atoms with Crippen molar-refractivity contribution in [1.82, 2.24) is 15.2 Å². The van der Waals surface area contributed by atoms with Crippen molar-refractivity contribution < 1.29 is 0 Å². The number of aliphatic imine (C=N–C) groups is 1. The molecular weight excluding hydrogens is 340 g/mol. The van der Waals surface area contributed by atoms with E-state index in [9.17, 15) is 0 Å². The highest BCUT2D eigenvalue weighted by atomic mass is 32.1.